The third-order valence-electron chi connectivity index (χ3n) is 6.29. The van der Waals surface area contributed by atoms with E-state index in [-0.39, 0.29) is 16.6 Å². The molecule has 0 aromatic heterocycles. The van der Waals surface area contributed by atoms with Crippen LogP contribution in [0.1, 0.15) is 178 Å². The van der Waals surface area contributed by atoms with E-state index in [1.165, 1.54) is 24.8 Å². The lowest BCUT2D eigenvalue weighted by Gasteiger charge is -2.16. The van der Waals surface area contributed by atoms with Gasteiger partial charge in [-0.05, 0) is 129 Å². The van der Waals surface area contributed by atoms with Crippen LogP contribution in [-0.2, 0) is 0 Å². The predicted molar refractivity (Wildman–Crippen MR) is 217 cm³/mol. The Kier molecular flexibility index (Phi) is 28.2. The molecule has 0 bridgehead atoms. The van der Waals surface area contributed by atoms with E-state index in [0.717, 1.165) is 17.9 Å². The third kappa shape index (κ3) is 61.1. The summed E-state index contributed by atoms with van der Waals surface area (Å²) in [6.45, 7) is 61.6. The fraction of sp³-hybridized carbons (Fsp3) is 0.791. The van der Waals surface area contributed by atoms with Crippen molar-refractivity contribution in [1.29, 1.82) is 0 Å². The monoisotopic (exact) mass is 644 g/mol. The highest BCUT2D eigenvalue weighted by molar-refractivity contribution is 5.47. The first-order valence-electron chi connectivity index (χ1n) is 17.4. The molecule has 0 aromatic rings. The summed E-state index contributed by atoms with van der Waals surface area (Å²) in [6, 6.07) is 2.72. The minimum absolute atomic E-state index is 0.00174. The minimum atomic E-state index is -0.0608. The Hall–Kier alpha value is -1.95. The van der Waals surface area contributed by atoms with E-state index in [1.807, 2.05) is 68.4 Å². The molecule has 3 heteroatoms. The molecule has 0 spiro atoms. The van der Waals surface area contributed by atoms with Gasteiger partial charge in [-0.25, -0.2) is 15.0 Å². The largest absolute Gasteiger partial charge is 0.238 e. The Morgan fingerprint density at radius 1 is 0.717 bits per heavy atom. The molecule has 0 unspecified atom stereocenters. The van der Waals surface area contributed by atoms with Crippen LogP contribution in [0, 0.1) is 28.1 Å². The van der Waals surface area contributed by atoms with E-state index < -0.39 is 0 Å². The summed E-state index contributed by atoms with van der Waals surface area (Å²) in [4.78, 5) is 12.1. The average molecular weight is 644 g/mol. The number of hydrogen-bond acceptors (Lipinski definition) is 3. The van der Waals surface area contributed by atoms with Gasteiger partial charge in [0, 0.05) is 0 Å². The zero-order chi connectivity index (χ0) is 38.4. The van der Waals surface area contributed by atoms with E-state index >= 15 is 0 Å². The van der Waals surface area contributed by atoms with Crippen LogP contribution in [-0.4, -0.2) is 28.5 Å². The number of allylic oxidation sites excluding steroid dienone is 3. The maximum Gasteiger partial charge on any atom is 0.0903 e. The molecule has 0 saturated heterocycles. The van der Waals surface area contributed by atoms with Crippen molar-refractivity contribution in [2.24, 2.45) is 43.1 Å². The number of nitrogens with zero attached hydrogens (tertiary/aromatic N) is 3. The van der Waals surface area contributed by atoms with Crippen molar-refractivity contribution in [3.05, 3.63) is 43.5 Å². The molecule has 0 N–H and O–H groups in total. The minimum Gasteiger partial charge on any atom is -0.238 e. The van der Waals surface area contributed by atoms with Crippen LogP contribution < -0.4 is 0 Å². The topological polar surface area (TPSA) is 37.1 Å². The molecule has 0 heterocycles. The highest BCUT2D eigenvalue weighted by Crippen LogP contribution is 2.44. The van der Waals surface area contributed by atoms with Crippen LogP contribution in [0.5, 0.6) is 0 Å². The van der Waals surface area contributed by atoms with Gasteiger partial charge in [0.2, 0.25) is 0 Å². The number of rotatable bonds is 3. The molecular weight excluding hydrogens is 558 g/mol. The quantitative estimate of drug-likeness (QED) is 0.167. The Morgan fingerprint density at radius 2 is 1.02 bits per heavy atom. The third-order valence-corrected chi connectivity index (χ3v) is 6.29. The first kappa shape index (κ1) is 53.5. The van der Waals surface area contributed by atoms with E-state index in [0.29, 0.717) is 22.2 Å². The van der Waals surface area contributed by atoms with E-state index in [1.54, 1.807) is 0 Å². The highest BCUT2D eigenvalue weighted by Gasteiger charge is 2.33. The molecule has 46 heavy (non-hydrogen) atoms. The fourth-order valence-electron chi connectivity index (χ4n) is 2.12. The average Bonchev–Trinajstić information content (AvgIpc) is 3.63. The molecule has 1 rings (SSSR count). The van der Waals surface area contributed by atoms with Crippen LogP contribution in [0.15, 0.2) is 58.5 Å². The molecule has 1 aliphatic rings. The van der Waals surface area contributed by atoms with Crippen molar-refractivity contribution in [3.8, 4) is 0 Å². The summed E-state index contributed by atoms with van der Waals surface area (Å²) in [5.74, 6) is 4.24. The number of aliphatic imine (C=N–C) groups is 3. The maximum absolute atomic E-state index is 4.13. The molecule has 1 aliphatic carbocycles. The Labute approximate surface area is 292 Å². The van der Waals surface area contributed by atoms with Crippen LogP contribution in [0.2, 0.25) is 0 Å². The zero-order valence-electron chi connectivity index (χ0n) is 35.7. The molecule has 0 atom stereocenters. The summed E-state index contributed by atoms with van der Waals surface area (Å²) in [7, 11) is 0. The maximum atomic E-state index is 4.13. The van der Waals surface area contributed by atoms with Gasteiger partial charge in [0.25, 0.3) is 0 Å². The van der Waals surface area contributed by atoms with E-state index in [2.05, 4.69) is 143 Å². The molecule has 0 aromatic carbocycles. The van der Waals surface area contributed by atoms with Gasteiger partial charge in [0.15, 0.2) is 0 Å². The molecule has 1 fully saturated rings. The van der Waals surface area contributed by atoms with Crippen LogP contribution in [0.3, 0.4) is 0 Å². The van der Waals surface area contributed by atoms with Crippen molar-refractivity contribution in [3.63, 3.8) is 0 Å². The second-order valence-electron chi connectivity index (χ2n) is 19.2. The fourth-order valence-corrected chi connectivity index (χ4v) is 2.12. The van der Waals surface area contributed by atoms with Crippen molar-refractivity contribution < 1.29 is 0 Å². The van der Waals surface area contributed by atoms with E-state index in [9.17, 15) is 0 Å². The Morgan fingerprint density at radius 3 is 1.09 bits per heavy atom. The number of hydrogen-bond donors (Lipinski definition) is 0. The summed E-state index contributed by atoms with van der Waals surface area (Å²) in [5.41, 5.74) is 3.72. The van der Waals surface area contributed by atoms with Gasteiger partial charge < -0.3 is 0 Å². The highest BCUT2D eigenvalue weighted by atomic mass is 14.9. The molecule has 272 valence electrons. The van der Waals surface area contributed by atoms with Gasteiger partial charge in [0.1, 0.15) is 0 Å². The van der Waals surface area contributed by atoms with Crippen molar-refractivity contribution >= 4 is 11.9 Å². The summed E-state index contributed by atoms with van der Waals surface area (Å²) in [6.07, 6.45) is 7.11. The van der Waals surface area contributed by atoms with Gasteiger partial charge >= 0.3 is 0 Å². The van der Waals surface area contributed by atoms with Gasteiger partial charge in [-0.3, -0.25) is 0 Å². The second-order valence-corrected chi connectivity index (χ2v) is 19.2. The molecule has 0 radical (unpaired) electrons. The van der Waals surface area contributed by atoms with Crippen LogP contribution in [0.4, 0.5) is 0 Å². The van der Waals surface area contributed by atoms with Crippen LogP contribution in [0.25, 0.3) is 0 Å². The summed E-state index contributed by atoms with van der Waals surface area (Å²) < 4.78 is 0. The van der Waals surface area contributed by atoms with Gasteiger partial charge in [-0.1, -0.05) is 126 Å². The lowest BCUT2D eigenvalue weighted by atomic mass is 9.89. The van der Waals surface area contributed by atoms with Crippen molar-refractivity contribution in [1.82, 2.24) is 0 Å². The van der Waals surface area contributed by atoms with Gasteiger partial charge in [-0.2, -0.15) is 0 Å². The van der Waals surface area contributed by atoms with Gasteiger partial charge in [0.05, 0.1) is 22.6 Å². The Balaban J connectivity index is -0.000000148. The summed E-state index contributed by atoms with van der Waals surface area (Å²) in [5, 5.41) is 0. The van der Waals surface area contributed by atoms with Crippen molar-refractivity contribution in [2.45, 2.75) is 195 Å². The molecule has 3 nitrogen and oxygen atoms in total. The lowest BCUT2D eigenvalue weighted by molar-refractivity contribution is 0.351. The SMILES string of the molecule is C=C(C)C(C)(C)C.C=C=NC(C)(C)C.C=CC(=C)CC(C)C.CC(C)(C)C1CC1.CC(C)(C)N=C=NC(C)(C)C.CCC(C)(C)C. The first-order chi connectivity index (χ1) is 20.0. The van der Waals surface area contributed by atoms with Gasteiger partial charge in [-0.15, -0.1) is 0 Å². The smallest absolute Gasteiger partial charge is 0.0903 e. The second kappa shape index (κ2) is 24.2. The molecule has 1 saturated carbocycles. The normalized spacial score (nSPS) is 12.8. The lowest BCUT2D eigenvalue weighted by Crippen LogP contribution is -2.11. The molecule has 0 aliphatic heterocycles. The Bertz CT molecular complexity index is 887. The van der Waals surface area contributed by atoms with Crippen LogP contribution >= 0.6 is 0 Å². The van der Waals surface area contributed by atoms with Crippen molar-refractivity contribution in [2.75, 3.05) is 0 Å². The van der Waals surface area contributed by atoms with E-state index in [4.69, 9.17) is 0 Å². The molecular formula is C43H85N3. The summed E-state index contributed by atoms with van der Waals surface area (Å²) >= 11 is 0. The first-order valence-corrected chi connectivity index (χ1v) is 17.4. The zero-order valence-corrected chi connectivity index (χ0v) is 35.7. The predicted octanol–water partition coefficient (Wildman–Crippen LogP) is 14.7. The molecule has 0 amide bonds. The standard InChI is InChI=1S/C9H18N2.C8H14.2C7H14.C6H11N.C6H14/c1-8(2,3)10-7-11-9(4,5)6;1-5-8(4)6-7(2)3;1-7(2,3)6-4-5-6;1-6(2)7(3,4)5;1-5-7-6(2,3)4;1-5-6(2,3)4/h1-6H3;5,7H,1,4,6H2,2-3H3;6H,4-5H2,1-3H3;1H2,2-5H3;1H2,2-4H3;5H2,1-4H3.